The average Bonchev–Trinajstić information content (AvgIpc) is 2.81. The molecule has 2 aromatic carbocycles. The van der Waals surface area contributed by atoms with Crippen molar-refractivity contribution in [2.45, 2.75) is 30.6 Å². The molecule has 3 aromatic rings. The molecule has 0 unspecified atom stereocenters. The number of carbonyl (C=O) groups excluding carboxylic acids is 1. The third-order valence-electron chi connectivity index (χ3n) is 5.50. The standard InChI is InChI=1S/C22H24N4O5S/c1-31-20-10-9-15(32(29,30)26-11-5-2-6-12-26)13-19(20)23-21(27)14-18-16-7-3-4-8-17(16)22(28)25-24-18/h3-4,7-10,13H,2,5-6,11-12,14H2,1H3,(H,23,27)(H,25,28). The number of hydrogen-bond donors (Lipinski definition) is 2. The maximum atomic E-state index is 13.0. The molecule has 4 rings (SSSR count). The molecule has 0 spiro atoms. The Labute approximate surface area is 185 Å². The number of nitrogens with one attached hydrogen (secondary N) is 2. The molecule has 1 fully saturated rings. The lowest BCUT2D eigenvalue weighted by Crippen LogP contribution is -2.35. The topological polar surface area (TPSA) is 121 Å². The van der Waals surface area contributed by atoms with Gasteiger partial charge in [-0.2, -0.15) is 9.40 Å². The first-order valence-corrected chi connectivity index (χ1v) is 11.8. The molecule has 1 amide bonds. The summed E-state index contributed by atoms with van der Waals surface area (Å²) in [5.41, 5.74) is 0.333. The van der Waals surface area contributed by atoms with E-state index in [1.54, 1.807) is 24.3 Å². The summed E-state index contributed by atoms with van der Waals surface area (Å²) in [5, 5.41) is 10.2. The fourth-order valence-corrected chi connectivity index (χ4v) is 5.40. The van der Waals surface area contributed by atoms with E-state index in [-0.39, 0.29) is 22.6 Å². The molecule has 0 saturated carbocycles. The van der Waals surface area contributed by atoms with Crippen molar-refractivity contribution in [2.24, 2.45) is 0 Å². The lowest BCUT2D eigenvalue weighted by Gasteiger charge is -2.26. The van der Waals surface area contributed by atoms with Crippen LogP contribution in [0.4, 0.5) is 5.69 Å². The van der Waals surface area contributed by atoms with Crippen molar-refractivity contribution in [3.63, 3.8) is 0 Å². The third-order valence-corrected chi connectivity index (χ3v) is 7.40. The Balaban J connectivity index is 1.60. The van der Waals surface area contributed by atoms with Crippen LogP contribution in [0.15, 0.2) is 52.2 Å². The number of aromatic amines is 1. The Hall–Kier alpha value is -3.24. The molecule has 1 saturated heterocycles. The molecule has 1 aliphatic heterocycles. The lowest BCUT2D eigenvalue weighted by atomic mass is 10.1. The van der Waals surface area contributed by atoms with Crippen LogP contribution in [0.5, 0.6) is 5.75 Å². The molecule has 0 atom stereocenters. The van der Waals surface area contributed by atoms with Crippen molar-refractivity contribution >= 4 is 32.4 Å². The minimum absolute atomic E-state index is 0.100. The van der Waals surface area contributed by atoms with Gasteiger partial charge in [0.1, 0.15) is 5.75 Å². The quantitative estimate of drug-likeness (QED) is 0.587. The summed E-state index contributed by atoms with van der Waals surface area (Å²) in [6, 6.07) is 11.3. The Bertz CT molecular complexity index is 1310. The molecule has 0 radical (unpaired) electrons. The number of ether oxygens (including phenoxy) is 1. The number of amides is 1. The van der Waals surface area contributed by atoms with Crippen LogP contribution in [0.25, 0.3) is 10.8 Å². The van der Waals surface area contributed by atoms with E-state index in [4.69, 9.17) is 4.74 Å². The number of benzene rings is 2. The van der Waals surface area contributed by atoms with Gasteiger partial charge in [-0.3, -0.25) is 9.59 Å². The molecule has 2 N–H and O–H groups in total. The maximum absolute atomic E-state index is 13.0. The molecule has 168 valence electrons. The minimum Gasteiger partial charge on any atom is -0.495 e. The van der Waals surface area contributed by atoms with Crippen LogP contribution in [-0.4, -0.2) is 49.0 Å². The zero-order valence-corrected chi connectivity index (χ0v) is 18.4. The summed E-state index contributed by atoms with van der Waals surface area (Å²) in [4.78, 5) is 24.8. The zero-order chi connectivity index (χ0) is 22.7. The number of carbonyl (C=O) groups is 1. The van der Waals surface area contributed by atoms with E-state index in [9.17, 15) is 18.0 Å². The average molecular weight is 457 g/mol. The molecule has 10 heteroatoms. The molecule has 9 nitrogen and oxygen atoms in total. The number of fused-ring (bicyclic) bond motifs is 1. The van der Waals surface area contributed by atoms with Crippen molar-refractivity contribution < 1.29 is 17.9 Å². The Morgan fingerprint density at radius 2 is 1.84 bits per heavy atom. The lowest BCUT2D eigenvalue weighted by molar-refractivity contribution is -0.115. The van der Waals surface area contributed by atoms with E-state index in [1.165, 1.54) is 29.6 Å². The molecule has 1 aromatic heterocycles. The van der Waals surface area contributed by atoms with Gasteiger partial charge in [0.05, 0.1) is 35.2 Å². The summed E-state index contributed by atoms with van der Waals surface area (Å²) in [5.74, 6) is -0.0734. The molecule has 0 bridgehead atoms. The second-order valence-corrected chi connectivity index (χ2v) is 9.53. The predicted octanol–water partition coefficient (Wildman–Crippen LogP) is 2.29. The Kier molecular flexibility index (Phi) is 6.24. The van der Waals surface area contributed by atoms with E-state index in [0.717, 1.165) is 19.3 Å². The smallest absolute Gasteiger partial charge is 0.272 e. The van der Waals surface area contributed by atoms with Gasteiger partial charge in [0.2, 0.25) is 15.9 Å². The highest BCUT2D eigenvalue weighted by Crippen LogP contribution is 2.30. The number of methoxy groups -OCH3 is 1. The van der Waals surface area contributed by atoms with E-state index < -0.39 is 15.9 Å². The van der Waals surface area contributed by atoms with Crippen LogP contribution in [0.3, 0.4) is 0 Å². The van der Waals surface area contributed by atoms with E-state index in [2.05, 4.69) is 15.5 Å². The highest BCUT2D eigenvalue weighted by atomic mass is 32.2. The highest BCUT2D eigenvalue weighted by Gasteiger charge is 2.27. The van der Waals surface area contributed by atoms with Crippen molar-refractivity contribution in [1.82, 2.24) is 14.5 Å². The van der Waals surface area contributed by atoms with Gasteiger partial charge >= 0.3 is 0 Å². The number of piperidine rings is 1. The van der Waals surface area contributed by atoms with Crippen LogP contribution >= 0.6 is 0 Å². The molecule has 2 heterocycles. The van der Waals surface area contributed by atoms with Gasteiger partial charge in [-0.05, 0) is 37.1 Å². The number of anilines is 1. The number of H-pyrrole nitrogens is 1. The molecule has 32 heavy (non-hydrogen) atoms. The van der Waals surface area contributed by atoms with Gasteiger partial charge in [-0.1, -0.05) is 24.6 Å². The maximum Gasteiger partial charge on any atom is 0.272 e. The second-order valence-electron chi connectivity index (χ2n) is 7.60. The second kappa shape index (κ2) is 9.09. The SMILES string of the molecule is COc1ccc(S(=O)(=O)N2CCCCC2)cc1NC(=O)Cc1n[nH]c(=O)c2ccccc12. The number of sulfonamides is 1. The summed E-state index contributed by atoms with van der Waals surface area (Å²) in [6.45, 7) is 0.974. The van der Waals surface area contributed by atoms with Crippen LogP contribution in [-0.2, 0) is 21.2 Å². The van der Waals surface area contributed by atoms with Gasteiger partial charge < -0.3 is 10.1 Å². The number of rotatable bonds is 6. The van der Waals surface area contributed by atoms with Gasteiger partial charge in [0, 0.05) is 18.5 Å². The molecular formula is C22H24N4O5S. The van der Waals surface area contributed by atoms with Crippen LogP contribution in [0, 0.1) is 0 Å². The van der Waals surface area contributed by atoms with Crippen molar-refractivity contribution in [3.05, 3.63) is 58.5 Å². The van der Waals surface area contributed by atoms with Crippen molar-refractivity contribution in [2.75, 3.05) is 25.5 Å². The monoisotopic (exact) mass is 456 g/mol. The van der Waals surface area contributed by atoms with Gasteiger partial charge in [0.15, 0.2) is 0 Å². The van der Waals surface area contributed by atoms with Crippen LogP contribution < -0.4 is 15.6 Å². The summed E-state index contributed by atoms with van der Waals surface area (Å²) >= 11 is 0. The Morgan fingerprint density at radius 1 is 1.12 bits per heavy atom. The normalized spacial score (nSPS) is 14.9. The summed E-state index contributed by atoms with van der Waals surface area (Å²) in [7, 11) is -2.22. The van der Waals surface area contributed by atoms with Crippen molar-refractivity contribution in [1.29, 1.82) is 0 Å². The van der Waals surface area contributed by atoms with Gasteiger partial charge in [0.25, 0.3) is 5.56 Å². The number of aromatic nitrogens is 2. The fraction of sp³-hybridized carbons (Fsp3) is 0.318. The molecule has 0 aliphatic carbocycles. The van der Waals surface area contributed by atoms with Crippen LogP contribution in [0.2, 0.25) is 0 Å². The molecule has 1 aliphatic rings. The highest BCUT2D eigenvalue weighted by molar-refractivity contribution is 7.89. The largest absolute Gasteiger partial charge is 0.495 e. The van der Waals surface area contributed by atoms with Crippen LogP contribution in [0.1, 0.15) is 25.0 Å². The van der Waals surface area contributed by atoms with Gasteiger partial charge in [-0.25, -0.2) is 13.5 Å². The molecular weight excluding hydrogens is 432 g/mol. The third kappa shape index (κ3) is 4.37. The first-order chi connectivity index (χ1) is 15.4. The first kappa shape index (κ1) is 22.0. The van der Waals surface area contributed by atoms with E-state index >= 15 is 0 Å². The van der Waals surface area contributed by atoms with Gasteiger partial charge in [-0.15, -0.1) is 0 Å². The van der Waals surface area contributed by atoms with E-state index in [0.29, 0.717) is 35.3 Å². The first-order valence-electron chi connectivity index (χ1n) is 10.3. The van der Waals surface area contributed by atoms with Crippen molar-refractivity contribution in [3.8, 4) is 5.75 Å². The summed E-state index contributed by atoms with van der Waals surface area (Å²) < 4.78 is 32.8. The van der Waals surface area contributed by atoms with E-state index in [1.807, 2.05) is 0 Å². The predicted molar refractivity (Wildman–Crippen MR) is 120 cm³/mol. The number of hydrogen-bond acceptors (Lipinski definition) is 6. The fourth-order valence-electron chi connectivity index (χ4n) is 3.85. The summed E-state index contributed by atoms with van der Waals surface area (Å²) in [6.07, 6.45) is 2.57. The minimum atomic E-state index is -3.66. The number of nitrogens with zero attached hydrogens (tertiary/aromatic N) is 2. The zero-order valence-electron chi connectivity index (χ0n) is 17.6. The Morgan fingerprint density at radius 3 is 2.56 bits per heavy atom.